The number of nitrogens with one attached hydrogen (secondary N) is 3. The number of pyridine rings is 1. The first-order valence-electron chi connectivity index (χ1n) is 24.5. The van der Waals surface area contributed by atoms with E-state index >= 15 is 0 Å². The first kappa shape index (κ1) is 51.0. The van der Waals surface area contributed by atoms with Crippen LogP contribution in [0.3, 0.4) is 0 Å². The molecule has 4 N–H and O–H groups in total. The van der Waals surface area contributed by atoms with Gasteiger partial charge >= 0.3 is 0 Å². The second-order valence-corrected chi connectivity index (χ2v) is 22.0. The Morgan fingerprint density at radius 3 is 2.34 bits per heavy atom. The third-order valence-corrected chi connectivity index (χ3v) is 15.3. The zero-order chi connectivity index (χ0) is 51.9. The van der Waals surface area contributed by atoms with Gasteiger partial charge in [0.2, 0.25) is 17.7 Å². The Labute approximate surface area is 434 Å². The van der Waals surface area contributed by atoms with Crippen molar-refractivity contribution in [1.82, 2.24) is 50.1 Å². The van der Waals surface area contributed by atoms with Gasteiger partial charge in [-0.2, -0.15) is 0 Å². The summed E-state index contributed by atoms with van der Waals surface area (Å²) in [5.74, 6) is 1.98. The van der Waals surface area contributed by atoms with Gasteiger partial charge in [-0.1, -0.05) is 75.3 Å². The number of amides is 3. The fourth-order valence-corrected chi connectivity index (χ4v) is 11.0. The van der Waals surface area contributed by atoms with E-state index < -0.39 is 35.6 Å². The molecule has 4 aromatic heterocycles. The lowest BCUT2D eigenvalue weighted by molar-refractivity contribution is -0.140. The molecular formula is C54H62ClN11O6S. The second-order valence-electron chi connectivity index (χ2n) is 20.3. The number of carbonyl (C=O) groups excluding carboxylic acids is 3. The number of aliphatic hydroxyl groups excluding tert-OH is 1. The van der Waals surface area contributed by atoms with Crippen LogP contribution in [0.5, 0.6) is 11.6 Å². The SMILES string of the molecule is C=C(NC(C)c1ccc(-c2nccn2C)cc1)[C@@H]1C[C@@H](O)CN1C(=O)[C@@H](NC(=O)COc1ccc(OC2CC(NC(=O)C[C@@H]3N=C(c4ccc(Cl)cc4)c4c(sc(C)c4C)-n4c(C)nnc43)C2)nc1)C(C)(C)C. The molecule has 3 aliphatic rings. The molecule has 2 aromatic carbocycles. The highest BCUT2D eigenvalue weighted by atomic mass is 35.5. The summed E-state index contributed by atoms with van der Waals surface area (Å²) in [5, 5.41) is 30.9. The molecule has 0 radical (unpaired) electrons. The lowest BCUT2D eigenvalue weighted by atomic mass is 9.85. The minimum atomic E-state index is -0.919. The van der Waals surface area contributed by atoms with Crippen LogP contribution in [-0.4, -0.2) is 106 Å². The van der Waals surface area contributed by atoms with Gasteiger partial charge in [-0.3, -0.25) is 23.9 Å². The molecule has 1 aliphatic carbocycles. The van der Waals surface area contributed by atoms with E-state index in [1.165, 1.54) is 11.1 Å². The molecule has 1 saturated carbocycles. The Morgan fingerprint density at radius 2 is 1.67 bits per heavy atom. The van der Waals surface area contributed by atoms with Crippen LogP contribution >= 0.6 is 22.9 Å². The van der Waals surface area contributed by atoms with Crippen LogP contribution in [0.4, 0.5) is 0 Å². The molecular weight excluding hydrogens is 966 g/mol. The molecule has 17 nitrogen and oxygen atoms in total. The third-order valence-electron chi connectivity index (χ3n) is 13.8. The Balaban J connectivity index is 0.750. The third kappa shape index (κ3) is 11.1. The Kier molecular flexibility index (Phi) is 14.6. The Hall–Kier alpha value is -6.89. The minimum absolute atomic E-state index is 0.0835. The first-order valence-corrected chi connectivity index (χ1v) is 25.7. The van der Waals surface area contributed by atoms with Crippen LogP contribution in [0, 0.1) is 26.2 Å². The predicted molar refractivity (Wildman–Crippen MR) is 280 cm³/mol. The van der Waals surface area contributed by atoms with Crippen molar-refractivity contribution in [2.45, 2.75) is 117 Å². The molecule has 1 unspecified atom stereocenters. The number of aliphatic imine (C=N–C) groups is 1. The Morgan fingerprint density at radius 1 is 0.945 bits per heavy atom. The minimum Gasteiger partial charge on any atom is -0.482 e. The van der Waals surface area contributed by atoms with Crippen molar-refractivity contribution >= 4 is 46.4 Å². The van der Waals surface area contributed by atoms with E-state index in [1.54, 1.807) is 34.6 Å². The smallest absolute Gasteiger partial charge is 0.258 e. The number of aromatic nitrogens is 6. The largest absolute Gasteiger partial charge is 0.482 e. The number of ether oxygens (including phenoxy) is 2. The number of β-amino-alcohol motifs (C(OH)–C–C–N with tert-alkyl or cyclic N) is 1. The van der Waals surface area contributed by atoms with Crippen LogP contribution < -0.4 is 25.4 Å². The monoisotopic (exact) mass is 1030 g/mol. The van der Waals surface area contributed by atoms with Gasteiger partial charge in [0.15, 0.2) is 12.4 Å². The number of hydrogen-bond acceptors (Lipinski definition) is 13. The van der Waals surface area contributed by atoms with Crippen molar-refractivity contribution in [2.24, 2.45) is 17.5 Å². The van der Waals surface area contributed by atoms with E-state index in [2.05, 4.69) is 56.5 Å². The highest BCUT2D eigenvalue weighted by Gasteiger charge is 2.43. The number of fused-ring (bicyclic) bond motifs is 3. The molecule has 0 spiro atoms. The van der Waals surface area contributed by atoms with Crippen molar-refractivity contribution in [2.75, 3.05) is 13.2 Å². The molecule has 19 heteroatoms. The molecule has 6 heterocycles. The summed E-state index contributed by atoms with van der Waals surface area (Å²) >= 11 is 7.93. The molecule has 6 aromatic rings. The van der Waals surface area contributed by atoms with E-state index in [0.717, 1.165) is 50.2 Å². The van der Waals surface area contributed by atoms with Crippen LogP contribution in [-0.2, 0) is 21.4 Å². The molecule has 3 amide bonds. The molecule has 5 atom stereocenters. The van der Waals surface area contributed by atoms with E-state index in [1.807, 2.05) is 106 Å². The number of likely N-dealkylation sites (tertiary alicyclic amines) is 1. The predicted octanol–water partition coefficient (Wildman–Crippen LogP) is 7.45. The van der Waals surface area contributed by atoms with Gasteiger partial charge in [-0.15, -0.1) is 21.5 Å². The van der Waals surface area contributed by atoms with E-state index in [-0.39, 0.29) is 49.6 Å². The van der Waals surface area contributed by atoms with E-state index in [9.17, 15) is 19.5 Å². The van der Waals surface area contributed by atoms with E-state index in [0.29, 0.717) is 47.4 Å². The van der Waals surface area contributed by atoms with Crippen molar-refractivity contribution in [3.63, 3.8) is 0 Å². The number of aryl methyl sites for hydroxylation is 3. The fourth-order valence-electron chi connectivity index (χ4n) is 9.64. The van der Waals surface area contributed by atoms with Crippen LogP contribution in [0.2, 0.25) is 5.02 Å². The maximum absolute atomic E-state index is 14.3. The summed E-state index contributed by atoms with van der Waals surface area (Å²) in [7, 11) is 1.95. The first-order chi connectivity index (χ1) is 34.8. The number of carbonyl (C=O) groups is 3. The van der Waals surface area contributed by atoms with Gasteiger partial charge in [0.05, 0.1) is 30.5 Å². The summed E-state index contributed by atoms with van der Waals surface area (Å²) < 4.78 is 15.9. The van der Waals surface area contributed by atoms with Gasteiger partial charge in [0.25, 0.3) is 5.91 Å². The molecule has 9 rings (SSSR count). The van der Waals surface area contributed by atoms with Gasteiger partial charge in [-0.25, -0.2) is 9.97 Å². The standard InChI is InChI=1S/C54H62ClN11O6S/c1-29-32(4)73-53-47(29)48(35-14-16-37(55)17-15-35)60-42(51-63-62-33(5)66(51)53)25-44(68)59-38-22-41(23-38)72-46-19-18-40(26-57-46)71-28-45(69)61-49(54(6,7)8)52(70)65-27-39(67)24-43(65)31(3)58-30(2)34-10-12-36(13-11-34)50-56-20-21-64(50)9/h10-21,26,30,38-39,41-43,49,58,67H,3,22-25,27-28H2,1-2,4-9H3,(H,59,68)(H,61,69)/t30?,38?,39-,41?,42+,43+,49-/m1/s1. The number of imidazole rings is 1. The highest BCUT2D eigenvalue weighted by Crippen LogP contribution is 2.40. The molecule has 2 fully saturated rings. The molecule has 73 heavy (non-hydrogen) atoms. The molecule has 0 bridgehead atoms. The molecule has 2 aliphatic heterocycles. The average molecular weight is 1030 g/mol. The summed E-state index contributed by atoms with van der Waals surface area (Å²) in [6.45, 7) is 17.8. The number of rotatable bonds is 16. The lowest BCUT2D eigenvalue weighted by Gasteiger charge is -2.36. The number of halogens is 1. The number of benzene rings is 2. The van der Waals surface area contributed by atoms with Crippen molar-refractivity contribution in [3.05, 3.63) is 135 Å². The lowest BCUT2D eigenvalue weighted by Crippen LogP contribution is -2.57. The molecule has 1 saturated heterocycles. The van der Waals surface area contributed by atoms with Crippen LogP contribution in [0.1, 0.15) is 104 Å². The van der Waals surface area contributed by atoms with Gasteiger partial charge in [-0.05, 0) is 62.4 Å². The maximum atomic E-state index is 14.3. The van der Waals surface area contributed by atoms with Crippen LogP contribution in [0.15, 0.2) is 96.5 Å². The van der Waals surface area contributed by atoms with Gasteiger partial charge < -0.3 is 40.0 Å². The van der Waals surface area contributed by atoms with Crippen molar-refractivity contribution < 1.29 is 29.0 Å². The zero-order valence-electron chi connectivity index (χ0n) is 42.3. The quantitative estimate of drug-likeness (QED) is 0.0750. The van der Waals surface area contributed by atoms with Crippen LogP contribution in [0.25, 0.3) is 16.4 Å². The average Bonchev–Trinajstić information content (AvgIpc) is 4.11. The summed E-state index contributed by atoms with van der Waals surface area (Å²) in [6, 6.07) is 16.8. The zero-order valence-corrected chi connectivity index (χ0v) is 43.9. The normalized spacial score (nSPS) is 20.1. The fraction of sp³-hybridized carbons (Fsp3) is 0.407. The highest BCUT2D eigenvalue weighted by molar-refractivity contribution is 7.15. The van der Waals surface area contributed by atoms with Gasteiger partial charge in [0.1, 0.15) is 40.6 Å². The van der Waals surface area contributed by atoms with Crippen molar-refractivity contribution in [3.8, 4) is 28.0 Å². The molecule has 382 valence electrons. The number of nitrogens with zero attached hydrogens (tertiary/aromatic N) is 8. The van der Waals surface area contributed by atoms with Gasteiger partial charge in [0, 0.05) is 95.7 Å². The maximum Gasteiger partial charge on any atom is 0.258 e. The summed E-state index contributed by atoms with van der Waals surface area (Å²) in [6.07, 6.45) is 5.82. The summed E-state index contributed by atoms with van der Waals surface area (Å²) in [5.41, 5.74) is 5.77. The second kappa shape index (κ2) is 20.9. The summed E-state index contributed by atoms with van der Waals surface area (Å²) in [4.78, 5) is 58.2. The Bertz CT molecular complexity index is 3040. The topological polar surface area (TPSA) is 203 Å². The van der Waals surface area contributed by atoms with Crippen molar-refractivity contribution in [1.29, 1.82) is 0 Å². The number of aliphatic hydroxyl groups is 1. The number of thiophene rings is 1. The number of hydrogen-bond donors (Lipinski definition) is 4. The van der Waals surface area contributed by atoms with E-state index in [4.69, 9.17) is 26.1 Å².